The van der Waals surface area contributed by atoms with E-state index in [9.17, 15) is 4.39 Å². The van der Waals surface area contributed by atoms with Crippen LogP contribution in [0, 0.1) is 6.92 Å². The van der Waals surface area contributed by atoms with Gasteiger partial charge < -0.3 is 14.4 Å². The fourth-order valence-electron chi connectivity index (χ4n) is 2.82. The van der Waals surface area contributed by atoms with Gasteiger partial charge in [0.25, 0.3) is 0 Å². The standard InChI is InChI=1S/C16H20FN3O2/c1-10-16(20-6-4-11(17)5-7-20)19-13-9-15(22-3)14(21-2)8-12(13)18-10/h8-9,11H,4-7H2,1-3H3. The van der Waals surface area contributed by atoms with Crippen LogP contribution in [0.3, 0.4) is 0 Å². The lowest BCUT2D eigenvalue weighted by Crippen LogP contribution is -2.35. The summed E-state index contributed by atoms with van der Waals surface area (Å²) in [5.74, 6) is 2.09. The van der Waals surface area contributed by atoms with Crippen molar-refractivity contribution in [2.45, 2.75) is 25.9 Å². The topological polar surface area (TPSA) is 47.5 Å². The molecule has 0 saturated carbocycles. The minimum Gasteiger partial charge on any atom is -0.493 e. The Hall–Kier alpha value is -2.11. The maximum absolute atomic E-state index is 13.3. The number of alkyl halides is 1. The minimum absolute atomic E-state index is 0.547. The Morgan fingerprint density at radius 3 is 2.14 bits per heavy atom. The van der Waals surface area contributed by atoms with E-state index in [0.717, 1.165) is 22.5 Å². The summed E-state index contributed by atoms with van der Waals surface area (Å²) in [6, 6.07) is 3.65. The first-order chi connectivity index (χ1) is 10.6. The maximum Gasteiger partial charge on any atom is 0.163 e. The lowest BCUT2D eigenvalue weighted by molar-refractivity contribution is 0.276. The van der Waals surface area contributed by atoms with Gasteiger partial charge in [-0.2, -0.15) is 0 Å². The van der Waals surface area contributed by atoms with Crippen LogP contribution in [0.4, 0.5) is 10.2 Å². The Kier molecular flexibility index (Phi) is 4.00. The van der Waals surface area contributed by atoms with Gasteiger partial charge in [0.05, 0.1) is 30.9 Å². The molecule has 1 saturated heterocycles. The normalized spacial score (nSPS) is 16.1. The average molecular weight is 305 g/mol. The van der Waals surface area contributed by atoms with Crippen LogP contribution in [-0.4, -0.2) is 43.4 Å². The van der Waals surface area contributed by atoms with E-state index >= 15 is 0 Å². The van der Waals surface area contributed by atoms with Gasteiger partial charge >= 0.3 is 0 Å². The van der Waals surface area contributed by atoms with E-state index < -0.39 is 6.17 Å². The Bertz CT molecular complexity index is 685. The molecule has 0 spiro atoms. The van der Waals surface area contributed by atoms with Gasteiger partial charge in [-0.3, -0.25) is 0 Å². The average Bonchev–Trinajstić information content (AvgIpc) is 2.54. The van der Waals surface area contributed by atoms with Crippen molar-refractivity contribution < 1.29 is 13.9 Å². The van der Waals surface area contributed by atoms with Gasteiger partial charge in [0, 0.05) is 25.2 Å². The number of hydrogen-bond acceptors (Lipinski definition) is 5. The molecule has 0 unspecified atom stereocenters. The SMILES string of the molecule is COc1cc2nc(C)c(N3CCC(F)CC3)nc2cc1OC. The third kappa shape index (κ3) is 2.65. The monoisotopic (exact) mass is 305 g/mol. The molecule has 0 N–H and O–H groups in total. The third-order valence-electron chi connectivity index (χ3n) is 4.04. The molecule has 22 heavy (non-hydrogen) atoms. The number of methoxy groups -OCH3 is 2. The summed E-state index contributed by atoms with van der Waals surface area (Å²) in [6.45, 7) is 3.28. The second-order valence-corrected chi connectivity index (χ2v) is 5.49. The second kappa shape index (κ2) is 5.94. The molecule has 0 aliphatic carbocycles. The van der Waals surface area contributed by atoms with Crippen molar-refractivity contribution in [3.63, 3.8) is 0 Å². The van der Waals surface area contributed by atoms with Crippen molar-refractivity contribution in [2.75, 3.05) is 32.2 Å². The number of rotatable bonds is 3. The highest BCUT2D eigenvalue weighted by molar-refractivity contribution is 5.81. The fourth-order valence-corrected chi connectivity index (χ4v) is 2.82. The zero-order valence-electron chi connectivity index (χ0n) is 13.1. The van der Waals surface area contributed by atoms with Crippen molar-refractivity contribution in [3.8, 4) is 11.5 Å². The smallest absolute Gasteiger partial charge is 0.163 e. The highest BCUT2D eigenvalue weighted by Crippen LogP contribution is 2.32. The molecule has 1 aliphatic rings. The Morgan fingerprint density at radius 2 is 1.59 bits per heavy atom. The molecular formula is C16H20FN3O2. The number of hydrogen-bond donors (Lipinski definition) is 0. The van der Waals surface area contributed by atoms with Gasteiger partial charge in [-0.1, -0.05) is 0 Å². The lowest BCUT2D eigenvalue weighted by atomic mass is 10.1. The summed E-state index contributed by atoms with van der Waals surface area (Å²) >= 11 is 0. The number of anilines is 1. The highest BCUT2D eigenvalue weighted by atomic mass is 19.1. The van der Waals surface area contributed by atoms with Gasteiger partial charge in [0.2, 0.25) is 0 Å². The second-order valence-electron chi connectivity index (χ2n) is 5.49. The molecule has 0 atom stereocenters. The summed E-state index contributed by atoms with van der Waals surface area (Å²) < 4.78 is 23.9. The Morgan fingerprint density at radius 1 is 1.05 bits per heavy atom. The molecule has 2 heterocycles. The van der Waals surface area contributed by atoms with Gasteiger partial charge in [-0.05, 0) is 19.8 Å². The van der Waals surface area contributed by atoms with E-state index in [2.05, 4.69) is 9.88 Å². The van der Waals surface area contributed by atoms with Crippen molar-refractivity contribution >= 4 is 16.9 Å². The number of fused-ring (bicyclic) bond motifs is 1. The van der Waals surface area contributed by atoms with E-state index in [1.54, 1.807) is 14.2 Å². The van der Waals surface area contributed by atoms with Crippen LogP contribution in [-0.2, 0) is 0 Å². The molecule has 0 amide bonds. The first-order valence-corrected chi connectivity index (χ1v) is 7.41. The Balaban J connectivity index is 2.03. The summed E-state index contributed by atoms with van der Waals surface area (Å²) in [5.41, 5.74) is 2.36. The maximum atomic E-state index is 13.3. The zero-order valence-corrected chi connectivity index (χ0v) is 13.1. The van der Waals surface area contributed by atoms with Crippen molar-refractivity contribution in [2.24, 2.45) is 0 Å². The first-order valence-electron chi connectivity index (χ1n) is 7.41. The zero-order chi connectivity index (χ0) is 15.7. The molecule has 6 heteroatoms. The van der Waals surface area contributed by atoms with E-state index in [1.807, 2.05) is 19.1 Å². The predicted molar refractivity (Wildman–Crippen MR) is 83.7 cm³/mol. The number of benzene rings is 1. The quantitative estimate of drug-likeness (QED) is 0.872. The van der Waals surface area contributed by atoms with Crippen molar-refractivity contribution in [1.82, 2.24) is 9.97 Å². The van der Waals surface area contributed by atoms with Gasteiger partial charge in [-0.25, -0.2) is 14.4 Å². The summed E-state index contributed by atoms with van der Waals surface area (Å²) in [5, 5.41) is 0. The molecule has 1 aromatic heterocycles. The van der Waals surface area contributed by atoms with Crippen molar-refractivity contribution in [3.05, 3.63) is 17.8 Å². The first kappa shape index (κ1) is 14.8. The van der Waals surface area contributed by atoms with Gasteiger partial charge in [-0.15, -0.1) is 0 Å². The van der Waals surface area contributed by atoms with Crippen LogP contribution in [0.15, 0.2) is 12.1 Å². The molecule has 1 aromatic carbocycles. The molecule has 2 aromatic rings. The fraction of sp³-hybridized carbons (Fsp3) is 0.500. The minimum atomic E-state index is -0.700. The molecule has 118 valence electrons. The largest absolute Gasteiger partial charge is 0.493 e. The third-order valence-corrected chi connectivity index (χ3v) is 4.04. The lowest BCUT2D eigenvalue weighted by Gasteiger charge is -2.30. The number of piperidine rings is 1. The number of aromatic nitrogens is 2. The summed E-state index contributed by atoms with van der Waals surface area (Å²) in [7, 11) is 3.19. The van der Waals surface area contributed by atoms with Crippen LogP contribution in [0.1, 0.15) is 18.5 Å². The summed E-state index contributed by atoms with van der Waals surface area (Å²) in [6.07, 6.45) is 0.394. The van der Waals surface area contributed by atoms with Crippen LogP contribution < -0.4 is 14.4 Å². The van der Waals surface area contributed by atoms with Crippen LogP contribution in [0.25, 0.3) is 11.0 Å². The predicted octanol–water partition coefficient (Wildman–Crippen LogP) is 2.89. The molecule has 0 bridgehead atoms. The van der Waals surface area contributed by atoms with Crippen molar-refractivity contribution in [1.29, 1.82) is 0 Å². The Labute approximate surface area is 129 Å². The van der Waals surface area contributed by atoms with E-state index in [1.165, 1.54) is 0 Å². The van der Waals surface area contributed by atoms with Crippen LogP contribution in [0.2, 0.25) is 0 Å². The van der Waals surface area contributed by atoms with Crippen LogP contribution >= 0.6 is 0 Å². The molecular weight excluding hydrogens is 285 g/mol. The molecule has 3 rings (SSSR count). The molecule has 1 fully saturated rings. The van der Waals surface area contributed by atoms with Gasteiger partial charge in [0.15, 0.2) is 17.3 Å². The van der Waals surface area contributed by atoms with E-state index in [4.69, 9.17) is 14.5 Å². The molecule has 5 nitrogen and oxygen atoms in total. The summed E-state index contributed by atoms with van der Waals surface area (Å²) in [4.78, 5) is 11.4. The molecule has 1 aliphatic heterocycles. The van der Waals surface area contributed by atoms with Crippen LogP contribution in [0.5, 0.6) is 11.5 Å². The number of nitrogens with zero attached hydrogens (tertiary/aromatic N) is 3. The van der Waals surface area contributed by atoms with Gasteiger partial charge in [0.1, 0.15) is 6.17 Å². The van der Waals surface area contributed by atoms with E-state index in [0.29, 0.717) is 37.4 Å². The highest BCUT2D eigenvalue weighted by Gasteiger charge is 2.22. The van der Waals surface area contributed by atoms with E-state index in [-0.39, 0.29) is 0 Å². The molecule has 0 radical (unpaired) electrons. The number of ether oxygens (including phenoxy) is 2. The number of aryl methyl sites for hydroxylation is 1. The number of halogens is 1.